The van der Waals surface area contributed by atoms with Crippen molar-refractivity contribution in [3.05, 3.63) is 48.0 Å². The zero-order valence-electron chi connectivity index (χ0n) is 15.2. The van der Waals surface area contributed by atoms with Crippen LogP contribution >= 0.6 is 0 Å². The number of nitrogens with one attached hydrogen (secondary N) is 1. The molecule has 0 bridgehead atoms. The molecule has 2 saturated heterocycles. The summed E-state index contributed by atoms with van der Waals surface area (Å²) >= 11 is 0. The highest BCUT2D eigenvalue weighted by Crippen LogP contribution is 2.36. The molecule has 3 heterocycles. The van der Waals surface area contributed by atoms with Gasteiger partial charge in [-0.25, -0.2) is 4.98 Å². The van der Waals surface area contributed by atoms with E-state index in [1.165, 1.54) is 29.8 Å². The van der Waals surface area contributed by atoms with Crippen LogP contribution in [0, 0.1) is 6.92 Å². The van der Waals surface area contributed by atoms with Crippen LogP contribution in [0.3, 0.4) is 0 Å². The van der Waals surface area contributed by atoms with Gasteiger partial charge in [-0.2, -0.15) is 0 Å². The molecule has 1 N–H and O–H groups in total. The molecule has 1 aromatic carbocycles. The average Bonchev–Trinajstić information content (AvgIpc) is 3.15. The van der Waals surface area contributed by atoms with Gasteiger partial charge in [-0.05, 0) is 50.4 Å². The van der Waals surface area contributed by atoms with Crippen LogP contribution in [0.2, 0.25) is 0 Å². The molecule has 5 heteroatoms. The summed E-state index contributed by atoms with van der Waals surface area (Å²) in [6.45, 7) is 6.05. The third kappa shape index (κ3) is 3.72. The van der Waals surface area contributed by atoms with Crippen molar-refractivity contribution in [2.24, 2.45) is 7.05 Å². The number of likely N-dealkylation sites (tertiary alicyclic amines) is 1. The third-order valence-corrected chi connectivity index (χ3v) is 5.52. The number of rotatable bonds is 4. The number of aryl methyl sites for hydroxylation is 2. The Labute approximate surface area is 150 Å². The summed E-state index contributed by atoms with van der Waals surface area (Å²) in [6.07, 6.45) is 7.31. The Morgan fingerprint density at radius 2 is 2.32 bits per heavy atom. The number of piperidine rings is 1. The third-order valence-electron chi connectivity index (χ3n) is 5.52. The summed E-state index contributed by atoms with van der Waals surface area (Å²) < 4.78 is 8.46. The molecule has 5 nitrogen and oxygen atoms in total. The summed E-state index contributed by atoms with van der Waals surface area (Å²) in [5, 5.41) is 3.67. The van der Waals surface area contributed by atoms with Crippen molar-refractivity contribution >= 4 is 5.69 Å². The topological polar surface area (TPSA) is 42.3 Å². The van der Waals surface area contributed by atoms with E-state index in [2.05, 4.69) is 58.0 Å². The summed E-state index contributed by atoms with van der Waals surface area (Å²) in [5.41, 5.74) is 3.77. The first kappa shape index (κ1) is 16.6. The van der Waals surface area contributed by atoms with E-state index in [9.17, 15) is 0 Å². The van der Waals surface area contributed by atoms with Crippen LogP contribution in [0.1, 0.15) is 30.5 Å². The molecule has 1 spiro atoms. The molecule has 0 saturated carbocycles. The van der Waals surface area contributed by atoms with Crippen LogP contribution in [-0.4, -0.2) is 45.8 Å². The second-order valence-corrected chi connectivity index (χ2v) is 7.72. The second kappa shape index (κ2) is 6.81. The molecule has 2 atom stereocenters. The van der Waals surface area contributed by atoms with E-state index < -0.39 is 0 Å². The number of ether oxygens (including phenoxy) is 1. The van der Waals surface area contributed by atoms with Crippen LogP contribution in [-0.2, 0) is 18.3 Å². The van der Waals surface area contributed by atoms with Gasteiger partial charge < -0.3 is 14.6 Å². The Hall–Kier alpha value is -1.85. The van der Waals surface area contributed by atoms with Gasteiger partial charge in [-0.15, -0.1) is 0 Å². The van der Waals surface area contributed by atoms with Crippen LogP contribution in [0.25, 0.3) is 0 Å². The average molecular weight is 340 g/mol. The lowest BCUT2D eigenvalue weighted by molar-refractivity contribution is -0.0537. The minimum atomic E-state index is 0.0122. The lowest BCUT2D eigenvalue weighted by Gasteiger charge is -2.39. The highest BCUT2D eigenvalue weighted by atomic mass is 16.5. The highest BCUT2D eigenvalue weighted by Gasteiger charge is 2.43. The first-order valence-corrected chi connectivity index (χ1v) is 9.27. The Morgan fingerprint density at radius 3 is 3.12 bits per heavy atom. The van der Waals surface area contributed by atoms with Gasteiger partial charge in [0.1, 0.15) is 0 Å². The van der Waals surface area contributed by atoms with Crippen molar-refractivity contribution < 1.29 is 4.74 Å². The van der Waals surface area contributed by atoms with Crippen molar-refractivity contribution in [2.75, 3.05) is 25.0 Å². The van der Waals surface area contributed by atoms with Gasteiger partial charge in [0, 0.05) is 32.0 Å². The summed E-state index contributed by atoms with van der Waals surface area (Å²) in [6, 6.07) is 9.00. The number of imidazole rings is 1. The molecular weight excluding hydrogens is 312 g/mol. The zero-order valence-corrected chi connectivity index (χ0v) is 15.2. The quantitative estimate of drug-likeness (QED) is 0.929. The normalized spacial score (nSPS) is 27.0. The SMILES string of the molecule is Cc1cccc(N[C@H]2CO[C@]3(CCCN(Cc4cncn4C)C3)C2)c1. The van der Waals surface area contributed by atoms with Crippen molar-refractivity contribution in [1.82, 2.24) is 14.5 Å². The molecule has 25 heavy (non-hydrogen) atoms. The maximum atomic E-state index is 6.35. The van der Waals surface area contributed by atoms with Gasteiger partial charge in [0.2, 0.25) is 0 Å². The van der Waals surface area contributed by atoms with Crippen LogP contribution in [0.15, 0.2) is 36.8 Å². The second-order valence-electron chi connectivity index (χ2n) is 7.72. The molecule has 2 aliphatic rings. The Kier molecular flexibility index (Phi) is 4.52. The minimum Gasteiger partial charge on any atom is -0.380 e. The van der Waals surface area contributed by atoms with E-state index >= 15 is 0 Å². The first-order valence-electron chi connectivity index (χ1n) is 9.27. The van der Waals surface area contributed by atoms with Crippen LogP contribution in [0.4, 0.5) is 5.69 Å². The molecule has 2 aliphatic heterocycles. The molecule has 2 aromatic rings. The largest absolute Gasteiger partial charge is 0.380 e. The first-order chi connectivity index (χ1) is 12.1. The van der Waals surface area contributed by atoms with E-state index in [0.717, 1.165) is 32.7 Å². The van der Waals surface area contributed by atoms with Crippen LogP contribution in [0.5, 0.6) is 0 Å². The zero-order chi connectivity index (χ0) is 17.3. The molecule has 0 radical (unpaired) electrons. The fourth-order valence-corrected chi connectivity index (χ4v) is 4.28. The van der Waals surface area contributed by atoms with Gasteiger partial charge in [0.15, 0.2) is 0 Å². The summed E-state index contributed by atoms with van der Waals surface area (Å²) in [5.74, 6) is 0. The van der Waals surface area contributed by atoms with Crippen molar-refractivity contribution in [3.8, 4) is 0 Å². The lowest BCUT2D eigenvalue weighted by Crippen LogP contribution is -2.47. The molecule has 0 aliphatic carbocycles. The Bertz CT molecular complexity index is 728. The predicted molar refractivity (Wildman–Crippen MR) is 99.6 cm³/mol. The monoisotopic (exact) mass is 340 g/mol. The molecular formula is C20H28N4O. The smallest absolute Gasteiger partial charge is 0.0945 e. The van der Waals surface area contributed by atoms with Crippen molar-refractivity contribution in [3.63, 3.8) is 0 Å². The summed E-state index contributed by atoms with van der Waals surface area (Å²) in [7, 11) is 2.07. The highest BCUT2D eigenvalue weighted by molar-refractivity contribution is 5.46. The maximum Gasteiger partial charge on any atom is 0.0945 e. The Morgan fingerprint density at radius 1 is 1.40 bits per heavy atom. The van der Waals surface area contributed by atoms with E-state index in [4.69, 9.17) is 4.74 Å². The Balaban J connectivity index is 1.38. The van der Waals surface area contributed by atoms with Crippen molar-refractivity contribution in [2.45, 2.75) is 44.4 Å². The predicted octanol–water partition coefficient (Wildman–Crippen LogP) is 2.96. The van der Waals surface area contributed by atoms with E-state index in [1.807, 2.05) is 12.5 Å². The standard InChI is InChI=1S/C20H28N4O/c1-16-5-3-6-17(9-16)22-18-10-20(25-13-18)7-4-8-24(14-20)12-19-11-21-15-23(19)2/h3,5-6,9,11,15,18,22H,4,7-8,10,12-14H2,1-2H3/t18-,20-/m1/s1. The number of hydrogen-bond acceptors (Lipinski definition) is 4. The molecule has 0 amide bonds. The van der Waals surface area contributed by atoms with Crippen LogP contribution < -0.4 is 5.32 Å². The fraction of sp³-hybridized carbons (Fsp3) is 0.550. The molecule has 0 unspecified atom stereocenters. The molecule has 4 rings (SSSR count). The molecule has 2 fully saturated rings. The van der Waals surface area contributed by atoms with Gasteiger partial charge >= 0.3 is 0 Å². The van der Waals surface area contributed by atoms with Gasteiger partial charge in [0.05, 0.1) is 30.3 Å². The van der Waals surface area contributed by atoms with Gasteiger partial charge in [-0.1, -0.05) is 12.1 Å². The number of aromatic nitrogens is 2. The molecule has 1 aromatic heterocycles. The van der Waals surface area contributed by atoms with E-state index in [0.29, 0.717) is 6.04 Å². The number of benzene rings is 1. The molecule has 134 valence electrons. The maximum absolute atomic E-state index is 6.35. The summed E-state index contributed by atoms with van der Waals surface area (Å²) in [4.78, 5) is 6.76. The minimum absolute atomic E-state index is 0.0122. The number of nitrogens with zero attached hydrogens (tertiary/aromatic N) is 3. The lowest BCUT2D eigenvalue weighted by atomic mass is 9.88. The number of hydrogen-bond donors (Lipinski definition) is 1. The van der Waals surface area contributed by atoms with Gasteiger partial charge in [0.25, 0.3) is 0 Å². The van der Waals surface area contributed by atoms with Crippen molar-refractivity contribution in [1.29, 1.82) is 0 Å². The fourth-order valence-electron chi connectivity index (χ4n) is 4.28. The van der Waals surface area contributed by atoms with E-state index in [-0.39, 0.29) is 5.60 Å². The van der Waals surface area contributed by atoms with E-state index in [1.54, 1.807) is 0 Å². The van der Waals surface area contributed by atoms with Gasteiger partial charge in [-0.3, -0.25) is 4.90 Å². The number of anilines is 1.